The molecule has 0 aliphatic heterocycles. The van der Waals surface area contributed by atoms with Crippen LogP contribution in [0.25, 0.3) is 0 Å². The van der Waals surface area contributed by atoms with Crippen molar-refractivity contribution < 1.29 is 9.53 Å². The fraction of sp³-hybridized carbons (Fsp3) is 0.0667. The van der Waals surface area contributed by atoms with Crippen LogP contribution in [-0.4, -0.2) is 17.9 Å². The number of Topliss-reactive ketones (excluding diaryl/α,β-unsaturated/α-hetero) is 1. The summed E-state index contributed by atoms with van der Waals surface area (Å²) in [6.07, 6.45) is 1.52. The van der Waals surface area contributed by atoms with Gasteiger partial charge in [-0.3, -0.25) is 4.79 Å². The van der Waals surface area contributed by atoms with E-state index < -0.39 is 0 Å². The van der Waals surface area contributed by atoms with Crippen LogP contribution < -0.4 is 4.74 Å². The van der Waals surface area contributed by atoms with Gasteiger partial charge >= 0.3 is 0 Å². The van der Waals surface area contributed by atoms with Gasteiger partial charge in [0, 0.05) is 11.8 Å². The monoisotopic (exact) mass is 271 g/mol. The molecule has 4 heteroatoms. The van der Waals surface area contributed by atoms with Crippen LogP contribution in [-0.2, 0) is 0 Å². The number of ether oxygens (including phenoxy) is 1. The first kappa shape index (κ1) is 13.1. The standard InChI is InChI=1S/C15H10ClNO2/c1-19-12-7-4-11(5-8-12)6-9-14(18)13-3-2-10-17-15(13)16/h2-5,7-8,10H,1H3. The maximum atomic E-state index is 11.8. The number of hydrogen-bond acceptors (Lipinski definition) is 3. The molecule has 2 rings (SSSR count). The molecule has 3 nitrogen and oxygen atoms in total. The highest BCUT2D eigenvalue weighted by molar-refractivity contribution is 6.33. The van der Waals surface area contributed by atoms with Crippen LogP contribution in [0.5, 0.6) is 5.75 Å². The fourth-order valence-electron chi connectivity index (χ4n) is 1.43. The Morgan fingerprint density at radius 1 is 1.26 bits per heavy atom. The summed E-state index contributed by atoms with van der Waals surface area (Å²) in [4.78, 5) is 15.7. The molecule has 0 spiro atoms. The zero-order valence-corrected chi connectivity index (χ0v) is 10.9. The second-order valence-electron chi connectivity index (χ2n) is 3.65. The number of carbonyl (C=O) groups is 1. The van der Waals surface area contributed by atoms with Crippen molar-refractivity contribution in [2.24, 2.45) is 0 Å². The second kappa shape index (κ2) is 6.03. The van der Waals surface area contributed by atoms with Gasteiger partial charge in [0.25, 0.3) is 0 Å². The Morgan fingerprint density at radius 2 is 2.00 bits per heavy atom. The molecule has 0 atom stereocenters. The van der Waals surface area contributed by atoms with Gasteiger partial charge in [0.05, 0.1) is 12.7 Å². The number of pyridine rings is 1. The number of aromatic nitrogens is 1. The first-order valence-electron chi connectivity index (χ1n) is 5.51. The SMILES string of the molecule is COc1ccc(C#CC(=O)c2cccnc2Cl)cc1. The summed E-state index contributed by atoms with van der Waals surface area (Å²) in [5.74, 6) is 5.71. The molecule has 0 fully saturated rings. The molecule has 19 heavy (non-hydrogen) atoms. The average Bonchev–Trinajstić information content (AvgIpc) is 2.46. The highest BCUT2D eigenvalue weighted by Crippen LogP contribution is 2.12. The molecule has 0 saturated heterocycles. The lowest BCUT2D eigenvalue weighted by atomic mass is 10.1. The lowest BCUT2D eigenvalue weighted by Crippen LogP contribution is -1.97. The van der Waals surface area contributed by atoms with Crippen LogP contribution in [0.2, 0.25) is 5.15 Å². The third kappa shape index (κ3) is 3.34. The van der Waals surface area contributed by atoms with Gasteiger partial charge < -0.3 is 4.74 Å². The number of rotatable bonds is 2. The van der Waals surface area contributed by atoms with Gasteiger partial charge in [0.1, 0.15) is 10.9 Å². The maximum absolute atomic E-state index is 11.8. The van der Waals surface area contributed by atoms with Gasteiger partial charge in [-0.15, -0.1) is 0 Å². The maximum Gasteiger partial charge on any atom is 0.239 e. The van der Waals surface area contributed by atoms with E-state index in [1.807, 2.05) is 0 Å². The number of nitrogens with zero attached hydrogens (tertiary/aromatic N) is 1. The molecule has 1 aromatic heterocycles. The summed E-state index contributed by atoms with van der Waals surface area (Å²) >= 11 is 5.82. The molecule has 2 aromatic rings. The lowest BCUT2D eigenvalue weighted by molar-refractivity contribution is 0.105. The molecule has 0 aliphatic rings. The van der Waals surface area contributed by atoms with Crippen LogP contribution in [0.1, 0.15) is 15.9 Å². The number of hydrogen-bond donors (Lipinski definition) is 0. The van der Waals surface area contributed by atoms with Crippen molar-refractivity contribution in [1.82, 2.24) is 4.98 Å². The van der Waals surface area contributed by atoms with Gasteiger partial charge in [0.15, 0.2) is 0 Å². The molecule has 1 heterocycles. The van der Waals surface area contributed by atoms with E-state index in [0.29, 0.717) is 5.56 Å². The highest BCUT2D eigenvalue weighted by Gasteiger charge is 2.07. The van der Waals surface area contributed by atoms with Crippen LogP contribution in [0, 0.1) is 11.8 Å². The zero-order chi connectivity index (χ0) is 13.7. The molecule has 0 radical (unpaired) electrons. The molecule has 94 valence electrons. The van der Waals surface area contributed by atoms with Crippen LogP contribution >= 0.6 is 11.6 Å². The summed E-state index contributed by atoms with van der Waals surface area (Å²) in [6.45, 7) is 0. The number of methoxy groups -OCH3 is 1. The minimum atomic E-state index is -0.353. The van der Waals surface area contributed by atoms with E-state index in [1.54, 1.807) is 43.5 Å². The van der Waals surface area contributed by atoms with Crippen LogP contribution in [0.3, 0.4) is 0 Å². The van der Waals surface area contributed by atoms with Crippen molar-refractivity contribution >= 4 is 17.4 Å². The van der Waals surface area contributed by atoms with Crippen molar-refractivity contribution in [2.75, 3.05) is 7.11 Å². The normalized spacial score (nSPS) is 9.37. The zero-order valence-electron chi connectivity index (χ0n) is 10.2. The Hall–Kier alpha value is -2.31. The molecule has 0 saturated carbocycles. The summed E-state index contributed by atoms with van der Waals surface area (Å²) in [5, 5.41) is 0.163. The molecule has 0 bridgehead atoms. The Morgan fingerprint density at radius 3 is 2.63 bits per heavy atom. The summed E-state index contributed by atoms with van der Waals surface area (Å²) in [6, 6.07) is 10.4. The minimum Gasteiger partial charge on any atom is -0.497 e. The van der Waals surface area contributed by atoms with Gasteiger partial charge in [-0.25, -0.2) is 4.98 Å². The smallest absolute Gasteiger partial charge is 0.239 e. The number of benzene rings is 1. The van der Waals surface area contributed by atoms with Gasteiger partial charge in [-0.05, 0) is 42.3 Å². The summed E-state index contributed by atoms with van der Waals surface area (Å²) < 4.78 is 5.04. The van der Waals surface area contributed by atoms with E-state index in [4.69, 9.17) is 16.3 Å². The van der Waals surface area contributed by atoms with Gasteiger partial charge in [-0.2, -0.15) is 0 Å². The first-order valence-corrected chi connectivity index (χ1v) is 5.89. The Labute approximate surface area is 116 Å². The van der Waals surface area contributed by atoms with Gasteiger partial charge in [-0.1, -0.05) is 17.5 Å². The Balaban J connectivity index is 2.19. The predicted molar refractivity (Wildman–Crippen MR) is 73.4 cm³/mol. The third-order valence-corrected chi connectivity index (χ3v) is 2.72. The Kier molecular flexibility index (Phi) is 4.17. The average molecular weight is 272 g/mol. The van der Waals surface area contributed by atoms with Crippen LogP contribution in [0.15, 0.2) is 42.6 Å². The van der Waals surface area contributed by atoms with E-state index in [2.05, 4.69) is 16.8 Å². The van der Waals surface area contributed by atoms with Crippen molar-refractivity contribution in [2.45, 2.75) is 0 Å². The molecule has 0 amide bonds. The molecule has 0 N–H and O–H groups in total. The predicted octanol–water partition coefficient (Wildman–Crippen LogP) is 2.98. The highest BCUT2D eigenvalue weighted by atomic mass is 35.5. The van der Waals surface area contributed by atoms with E-state index in [9.17, 15) is 4.79 Å². The largest absolute Gasteiger partial charge is 0.497 e. The van der Waals surface area contributed by atoms with E-state index in [-0.39, 0.29) is 10.9 Å². The molecule has 0 aliphatic carbocycles. The van der Waals surface area contributed by atoms with Crippen molar-refractivity contribution in [3.8, 4) is 17.6 Å². The van der Waals surface area contributed by atoms with Gasteiger partial charge in [0.2, 0.25) is 5.78 Å². The number of ketones is 1. The van der Waals surface area contributed by atoms with E-state index >= 15 is 0 Å². The molecular formula is C15H10ClNO2. The molecule has 0 unspecified atom stereocenters. The van der Waals surface area contributed by atoms with E-state index in [1.165, 1.54) is 6.20 Å². The van der Waals surface area contributed by atoms with Crippen molar-refractivity contribution in [3.63, 3.8) is 0 Å². The third-order valence-electron chi connectivity index (χ3n) is 2.41. The minimum absolute atomic E-state index is 0.163. The van der Waals surface area contributed by atoms with Crippen molar-refractivity contribution in [1.29, 1.82) is 0 Å². The molecular weight excluding hydrogens is 262 g/mol. The van der Waals surface area contributed by atoms with Crippen molar-refractivity contribution in [3.05, 3.63) is 58.9 Å². The fourth-order valence-corrected chi connectivity index (χ4v) is 1.63. The second-order valence-corrected chi connectivity index (χ2v) is 4.01. The lowest BCUT2D eigenvalue weighted by Gasteiger charge is -1.97. The Bertz CT molecular complexity index is 654. The van der Waals surface area contributed by atoms with Crippen LogP contribution in [0.4, 0.5) is 0 Å². The quantitative estimate of drug-likeness (QED) is 0.479. The first-order chi connectivity index (χ1) is 9.20. The van der Waals surface area contributed by atoms with E-state index in [0.717, 1.165) is 11.3 Å². The summed E-state index contributed by atoms with van der Waals surface area (Å²) in [7, 11) is 1.59. The number of halogens is 1. The summed E-state index contributed by atoms with van der Waals surface area (Å²) in [5.41, 5.74) is 1.04. The number of carbonyl (C=O) groups excluding carboxylic acids is 1. The molecule has 1 aromatic carbocycles. The topological polar surface area (TPSA) is 39.2 Å².